The third-order valence-electron chi connectivity index (χ3n) is 5.00. The average molecular weight is 453 g/mol. The molecule has 170 valence electrons. The average Bonchev–Trinajstić information content (AvgIpc) is 3.28. The van der Waals surface area contributed by atoms with E-state index in [1.54, 1.807) is 29.0 Å². The van der Waals surface area contributed by atoms with E-state index in [2.05, 4.69) is 10.6 Å². The van der Waals surface area contributed by atoms with Gasteiger partial charge in [-0.3, -0.25) is 9.59 Å². The largest absolute Gasteiger partial charge is 0.495 e. The van der Waals surface area contributed by atoms with Gasteiger partial charge in [0.25, 0.3) is 0 Å². The Kier molecular flexibility index (Phi) is 6.84. The Hall–Kier alpha value is -4.65. The van der Waals surface area contributed by atoms with Crippen LogP contribution < -0.4 is 15.4 Å². The van der Waals surface area contributed by atoms with E-state index >= 15 is 0 Å². The lowest BCUT2D eigenvalue weighted by Crippen LogP contribution is -2.10. The van der Waals surface area contributed by atoms with Gasteiger partial charge in [-0.25, -0.2) is 4.68 Å². The third-order valence-corrected chi connectivity index (χ3v) is 5.00. The van der Waals surface area contributed by atoms with Gasteiger partial charge in [-0.2, -0.15) is 5.10 Å². The lowest BCUT2D eigenvalue weighted by atomic mass is 10.1. The lowest BCUT2D eigenvalue weighted by Gasteiger charge is -2.11. The van der Waals surface area contributed by atoms with Crippen molar-refractivity contribution in [2.24, 2.45) is 0 Å². The van der Waals surface area contributed by atoms with Gasteiger partial charge in [0.1, 0.15) is 5.75 Å². The first kappa shape index (κ1) is 22.5. The zero-order chi connectivity index (χ0) is 23.9. The minimum Gasteiger partial charge on any atom is -0.495 e. The molecule has 0 aliphatic rings. The standard InChI is InChI=1S/C27H24N4O3/c1-19(32)28-22-14-15-25(34-2)24(17-22)29-26(33)16-13-21-18-31(23-11-7-4-8-12-23)30-27(21)20-9-5-3-6-10-20/h3-18H,1-2H3,(H,28,32)(H,29,33)/b16-13+. The maximum absolute atomic E-state index is 12.7. The fraction of sp³-hybridized carbons (Fsp3) is 0.0741. The predicted molar refractivity (Wildman–Crippen MR) is 134 cm³/mol. The smallest absolute Gasteiger partial charge is 0.248 e. The van der Waals surface area contributed by atoms with Gasteiger partial charge in [0.2, 0.25) is 11.8 Å². The van der Waals surface area contributed by atoms with Crippen molar-refractivity contribution in [3.8, 4) is 22.7 Å². The van der Waals surface area contributed by atoms with Crippen LogP contribution in [0.1, 0.15) is 12.5 Å². The Morgan fingerprint density at radius 3 is 2.32 bits per heavy atom. The van der Waals surface area contributed by atoms with Crippen LogP contribution in [-0.2, 0) is 9.59 Å². The summed E-state index contributed by atoms with van der Waals surface area (Å²) in [5.41, 5.74) is 4.43. The highest BCUT2D eigenvalue weighted by molar-refractivity contribution is 6.03. The number of carbonyl (C=O) groups excluding carboxylic acids is 2. The molecule has 4 rings (SSSR count). The van der Waals surface area contributed by atoms with Crippen molar-refractivity contribution in [3.05, 3.63) is 96.7 Å². The number of anilines is 2. The van der Waals surface area contributed by atoms with Gasteiger partial charge in [-0.1, -0.05) is 48.5 Å². The van der Waals surface area contributed by atoms with Crippen molar-refractivity contribution >= 4 is 29.3 Å². The Morgan fingerprint density at radius 1 is 0.941 bits per heavy atom. The quantitative estimate of drug-likeness (QED) is 0.380. The molecule has 0 aliphatic carbocycles. The Bertz CT molecular complexity index is 1330. The summed E-state index contributed by atoms with van der Waals surface area (Å²) in [5, 5.41) is 10.3. The molecule has 0 radical (unpaired) electrons. The van der Waals surface area contributed by atoms with Gasteiger partial charge in [-0.15, -0.1) is 0 Å². The molecule has 7 nitrogen and oxygen atoms in total. The van der Waals surface area contributed by atoms with Crippen molar-refractivity contribution in [2.75, 3.05) is 17.7 Å². The number of carbonyl (C=O) groups is 2. The number of nitrogens with one attached hydrogen (secondary N) is 2. The van der Waals surface area contributed by atoms with Crippen LogP contribution in [0.15, 0.2) is 91.1 Å². The maximum Gasteiger partial charge on any atom is 0.248 e. The number of benzene rings is 3. The van der Waals surface area contributed by atoms with Gasteiger partial charge < -0.3 is 15.4 Å². The number of amides is 2. The molecule has 0 aliphatic heterocycles. The van der Waals surface area contributed by atoms with Crippen LogP contribution in [-0.4, -0.2) is 28.7 Å². The molecule has 0 unspecified atom stereocenters. The summed E-state index contributed by atoms with van der Waals surface area (Å²) in [5.74, 6) is -0.0614. The lowest BCUT2D eigenvalue weighted by molar-refractivity contribution is -0.114. The first-order valence-corrected chi connectivity index (χ1v) is 10.7. The van der Waals surface area contributed by atoms with E-state index in [4.69, 9.17) is 9.84 Å². The van der Waals surface area contributed by atoms with Crippen molar-refractivity contribution in [1.29, 1.82) is 0 Å². The van der Waals surface area contributed by atoms with Crippen molar-refractivity contribution in [3.63, 3.8) is 0 Å². The number of hydrogen-bond donors (Lipinski definition) is 2. The summed E-state index contributed by atoms with van der Waals surface area (Å²) in [4.78, 5) is 24.1. The topological polar surface area (TPSA) is 85.3 Å². The summed E-state index contributed by atoms with van der Waals surface area (Å²) in [6.45, 7) is 1.42. The Labute approximate surface area is 197 Å². The number of nitrogens with zero attached hydrogens (tertiary/aromatic N) is 2. The fourth-order valence-electron chi connectivity index (χ4n) is 3.47. The van der Waals surface area contributed by atoms with Crippen LogP contribution in [0.5, 0.6) is 5.75 Å². The molecule has 1 aromatic heterocycles. The molecule has 3 aromatic carbocycles. The molecule has 0 saturated carbocycles. The second-order valence-electron chi connectivity index (χ2n) is 7.50. The monoisotopic (exact) mass is 452 g/mol. The first-order chi connectivity index (χ1) is 16.5. The van der Waals surface area contributed by atoms with Crippen LogP contribution in [0.4, 0.5) is 11.4 Å². The van der Waals surface area contributed by atoms with Crippen molar-refractivity contribution < 1.29 is 14.3 Å². The van der Waals surface area contributed by atoms with Gasteiger partial charge in [0, 0.05) is 36.0 Å². The highest BCUT2D eigenvalue weighted by atomic mass is 16.5. The molecule has 0 spiro atoms. The zero-order valence-electron chi connectivity index (χ0n) is 18.9. The summed E-state index contributed by atoms with van der Waals surface area (Å²) in [7, 11) is 1.52. The van der Waals surface area contributed by atoms with Crippen LogP contribution >= 0.6 is 0 Å². The summed E-state index contributed by atoms with van der Waals surface area (Å²) >= 11 is 0. The molecular weight excluding hydrogens is 428 g/mol. The minimum absolute atomic E-state index is 0.203. The SMILES string of the molecule is COc1ccc(NC(C)=O)cc1NC(=O)/C=C/c1cn(-c2ccccc2)nc1-c1ccccc1. The van der Waals surface area contributed by atoms with Crippen LogP contribution in [0.3, 0.4) is 0 Å². The zero-order valence-corrected chi connectivity index (χ0v) is 18.9. The van der Waals surface area contributed by atoms with Gasteiger partial charge in [0.15, 0.2) is 0 Å². The molecule has 2 N–H and O–H groups in total. The molecule has 4 aromatic rings. The van der Waals surface area contributed by atoms with Crippen molar-refractivity contribution in [2.45, 2.75) is 6.92 Å². The van der Waals surface area contributed by atoms with E-state index < -0.39 is 0 Å². The molecule has 0 atom stereocenters. The third kappa shape index (κ3) is 5.39. The molecule has 1 heterocycles. The minimum atomic E-state index is -0.343. The number of para-hydroxylation sites is 1. The number of aromatic nitrogens is 2. The first-order valence-electron chi connectivity index (χ1n) is 10.7. The van der Waals surface area contributed by atoms with E-state index in [1.807, 2.05) is 66.9 Å². The number of methoxy groups -OCH3 is 1. The molecule has 34 heavy (non-hydrogen) atoms. The molecule has 0 saturated heterocycles. The normalized spacial score (nSPS) is 10.8. The number of rotatable bonds is 7. The molecule has 7 heteroatoms. The summed E-state index contributed by atoms with van der Waals surface area (Å²) in [6, 6.07) is 24.6. The van der Waals surface area contributed by atoms with Gasteiger partial charge in [0.05, 0.1) is 24.2 Å². The second-order valence-corrected chi connectivity index (χ2v) is 7.50. The second kappa shape index (κ2) is 10.3. The van der Waals surface area contributed by atoms with Crippen LogP contribution in [0.2, 0.25) is 0 Å². The molecule has 0 bridgehead atoms. The van der Waals surface area contributed by atoms with Gasteiger partial charge in [-0.05, 0) is 36.4 Å². The number of hydrogen-bond acceptors (Lipinski definition) is 4. The van der Waals surface area contributed by atoms with E-state index in [0.29, 0.717) is 17.1 Å². The Morgan fingerprint density at radius 2 is 1.65 bits per heavy atom. The summed E-state index contributed by atoms with van der Waals surface area (Å²) in [6.07, 6.45) is 5.07. The predicted octanol–water partition coefficient (Wildman–Crippen LogP) is 5.16. The Balaban J connectivity index is 1.61. The van der Waals surface area contributed by atoms with Crippen LogP contribution in [0.25, 0.3) is 23.0 Å². The van der Waals surface area contributed by atoms with E-state index in [-0.39, 0.29) is 11.8 Å². The van der Waals surface area contributed by atoms with E-state index in [9.17, 15) is 9.59 Å². The fourth-order valence-corrected chi connectivity index (χ4v) is 3.47. The van der Waals surface area contributed by atoms with Crippen LogP contribution in [0, 0.1) is 0 Å². The van der Waals surface area contributed by atoms with Gasteiger partial charge >= 0.3 is 0 Å². The maximum atomic E-state index is 12.7. The molecule has 2 amide bonds. The van der Waals surface area contributed by atoms with Crippen molar-refractivity contribution in [1.82, 2.24) is 9.78 Å². The van der Waals surface area contributed by atoms with E-state index in [1.165, 1.54) is 20.1 Å². The summed E-state index contributed by atoms with van der Waals surface area (Å²) < 4.78 is 7.12. The number of ether oxygens (including phenoxy) is 1. The highest BCUT2D eigenvalue weighted by Gasteiger charge is 2.12. The molecule has 0 fully saturated rings. The molecular formula is C27H24N4O3. The van der Waals surface area contributed by atoms with E-state index in [0.717, 1.165) is 22.5 Å². The highest BCUT2D eigenvalue weighted by Crippen LogP contribution is 2.28.